The molecule has 2 heteroatoms. The summed E-state index contributed by atoms with van der Waals surface area (Å²) < 4.78 is 0. The molecule has 1 heterocycles. The minimum absolute atomic E-state index is 0.313. The van der Waals surface area contributed by atoms with Crippen molar-refractivity contribution < 1.29 is 4.79 Å². The molecule has 1 aliphatic carbocycles. The third-order valence-corrected chi connectivity index (χ3v) is 2.67. The van der Waals surface area contributed by atoms with Crippen LogP contribution in [0.15, 0.2) is 12.2 Å². The van der Waals surface area contributed by atoms with Gasteiger partial charge in [0.25, 0.3) is 0 Å². The lowest BCUT2D eigenvalue weighted by Gasteiger charge is -2.31. The molecule has 2 atom stereocenters. The Bertz CT molecular complexity index is 198. The van der Waals surface area contributed by atoms with Gasteiger partial charge in [0.2, 0.25) is 0 Å². The van der Waals surface area contributed by atoms with Gasteiger partial charge in [-0.3, -0.25) is 4.79 Å². The second kappa shape index (κ2) is 2.78. The summed E-state index contributed by atoms with van der Waals surface area (Å²) in [5, 5.41) is 3.34. The maximum Gasteiger partial charge on any atom is 0.155 e. The predicted molar refractivity (Wildman–Crippen MR) is 43.2 cm³/mol. The number of carbonyl (C=O) groups excluding carboxylic acids is 1. The van der Waals surface area contributed by atoms with Crippen LogP contribution in [0.5, 0.6) is 0 Å². The lowest BCUT2D eigenvalue weighted by Crippen LogP contribution is -2.38. The van der Waals surface area contributed by atoms with Crippen molar-refractivity contribution in [2.75, 3.05) is 13.1 Å². The summed E-state index contributed by atoms with van der Waals surface area (Å²) in [7, 11) is 0. The van der Waals surface area contributed by atoms with Gasteiger partial charge in [-0.15, -0.1) is 0 Å². The van der Waals surface area contributed by atoms with E-state index >= 15 is 0 Å². The highest BCUT2D eigenvalue weighted by Crippen LogP contribution is 2.27. The lowest BCUT2D eigenvalue weighted by atomic mass is 9.79. The molecule has 0 aromatic rings. The number of ketones is 1. The van der Waals surface area contributed by atoms with Gasteiger partial charge in [-0.1, -0.05) is 6.08 Å². The molecule has 0 spiro atoms. The smallest absolute Gasteiger partial charge is 0.155 e. The lowest BCUT2D eigenvalue weighted by molar-refractivity contribution is -0.116. The minimum atomic E-state index is 0.313. The zero-order chi connectivity index (χ0) is 7.68. The maximum atomic E-state index is 11.0. The first-order chi connectivity index (χ1) is 5.36. The Morgan fingerprint density at radius 2 is 2.45 bits per heavy atom. The van der Waals surface area contributed by atoms with E-state index < -0.39 is 0 Å². The van der Waals surface area contributed by atoms with Crippen LogP contribution in [0.25, 0.3) is 0 Å². The highest BCUT2D eigenvalue weighted by molar-refractivity contribution is 5.90. The van der Waals surface area contributed by atoms with Crippen LogP contribution in [0.3, 0.4) is 0 Å². The van der Waals surface area contributed by atoms with Crippen molar-refractivity contribution in [3.63, 3.8) is 0 Å². The molecule has 2 aliphatic rings. The molecule has 0 saturated carbocycles. The minimum Gasteiger partial charge on any atom is -0.316 e. The van der Waals surface area contributed by atoms with Crippen LogP contribution >= 0.6 is 0 Å². The molecular formula is C9H13NO. The number of fused-ring (bicyclic) bond motifs is 1. The van der Waals surface area contributed by atoms with Crippen molar-refractivity contribution in [2.45, 2.75) is 12.8 Å². The molecule has 2 rings (SSSR count). The summed E-state index contributed by atoms with van der Waals surface area (Å²) in [4.78, 5) is 11.0. The molecule has 1 fully saturated rings. The van der Waals surface area contributed by atoms with E-state index in [0.29, 0.717) is 17.6 Å². The SMILES string of the molecule is O=C1C=CC2CNCCC2C1. The van der Waals surface area contributed by atoms with E-state index in [1.54, 1.807) is 6.08 Å². The van der Waals surface area contributed by atoms with E-state index in [1.807, 2.05) is 0 Å². The van der Waals surface area contributed by atoms with Gasteiger partial charge in [0.1, 0.15) is 0 Å². The summed E-state index contributed by atoms with van der Waals surface area (Å²) in [5.41, 5.74) is 0. The summed E-state index contributed by atoms with van der Waals surface area (Å²) >= 11 is 0. The Labute approximate surface area is 66.7 Å². The van der Waals surface area contributed by atoms with E-state index in [9.17, 15) is 4.79 Å². The van der Waals surface area contributed by atoms with Gasteiger partial charge in [0.05, 0.1) is 0 Å². The molecule has 0 aromatic carbocycles. The average molecular weight is 151 g/mol. The molecule has 2 unspecified atom stereocenters. The summed E-state index contributed by atoms with van der Waals surface area (Å²) in [6.45, 7) is 2.15. The largest absolute Gasteiger partial charge is 0.316 e. The third kappa shape index (κ3) is 1.36. The first-order valence-corrected chi connectivity index (χ1v) is 4.28. The van der Waals surface area contributed by atoms with E-state index in [2.05, 4.69) is 11.4 Å². The molecular weight excluding hydrogens is 138 g/mol. The molecule has 60 valence electrons. The number of rotatable bonds is 0. The van der Waals surface area contributed by atoms with Crippen molar-refractivity contribution in [2.24, 2.45) is 11.8 Å². The van der Waals surface area contributed by atoms with Gasteiger partial charge in [0, 0.05) is 13.0 Å². The first kappa shape index (κ1) is 7.04. The molecule has 0 aromatic heterocycles. The highest BCUT2D eigenvalue weighted by atomic mass is 16.1. The van der Waals surface area contributed by atoms with Crippen LogP contribution < -0.4 is 5.32 Å². The summed E-state index contributed by atoms with van der Waals surface area (Å²) in [5.74, 6) is 1.57. The van der Waals surface area contributed by atoms with Gasteiger partial charge < -0.3 is 5.32 Å². The van der Waals surface area contributed by atoms with Crippen LogP contribution in [0.1, 0.15) is 12.8 Å². The van der Waals surface area contributed by atoms with Gasteiger partial charge in [-0.2, -0.15) is 0 Å². The number of piperidine rings is 1. The fourth-order valence-corrected chi connectivity index (χ4v) is 1.97. The van der Waals surface area contributed by atoms with Crippen molar-refractivity contribution in [3.8, 4) is 0 Å². The fourth-order valence-electron chi connectivity index (χ4n) is 1.97. The van der Waals surface area contributed by atoms with E-state index in [1.165, 1.54) is 6.42 Å². The first-order valence-electron chi connectivity index (χ1n) is 4.28. The van der Waals surface area contributed by atoms with Crippen LogP contribution in [-0.2, 0) is 4.79 Å². The Morgan fingerprint density at radius 1 is 1.55 bits per heavy atom. The number of hydrogen-bond donors (Lipinski definition) is 1. The van der Waals surface area contributed by atoms with Crippen molar-refractivity contribution in [3.05, 3.63) is 12.2 Å². The normalized spacial score (nSPS) is 36.9. The van der Waals surface area contributed by atoms with E-state index in [0.717, 1.165) is 19.5 Å². The molecule has 2 nitrogen and oxygen atoms in total. The molecule has 0 amide bonds. The molecule has 1 aliphatic heterocycles. The van der Waals surface area contributed by atoms with Crippen LogP contribution in [-0.4, -0.2) is 18.9 Å². The van der Waals surface area contributed by atoms with Gasteiger partial charge in [-0.05, 0) is 30.9 Å². The molecule has 1 N–H and O–H groups in total. The zero-order valence-electron chi connectivity index (χ0n) is 6.55. The van der Waals surface area contributed by atoms with Crippen molar-refractivity contribution >= 4 is 5.78 Å². The second-order valence-electron chi connectivity index (χ2n) is 3.45. The monoisotopic (exact) mass is 151 g/mol. The van der Waals surface area contributed by atoms with Crippen LogP contribution in [0.2, 0.25) is 0 Å². The Hall–Kier alpha value is -0.630. The van der Waals surface area contributed by atoms with Crippen LogP contribution in [0.4, 0.5) is 0 Å². The van der Waals surface area contributed by atoms with Gasteiger partial charge in [-0.25, -0.2) is 0 Å². The Morgan fingerprint density at radius 3 is 3.36 bits per heavy atom. The predicted octanol–water partition coefficient (Wildman–Crippen LogP) is 0.741. The highest BCUT2D eigenvalue weighted by Gasteiger charge is 2.27. The topological polar surface area (TPSA) is 29.1 Å². The fraction of sp³-hybridized carbons (Fsp3) is 0.667. The van der Waals surface area contributed by atoms with E-state index in [4.69, 9.17) is 0 Å². The van der Waals surface area contributed by atoms with E-state index in [-0.39, 0.29) is 0 Å². The second-order valence-corrected chi connectivity index (χ2v) is 3.45. The zero-order valence-corrected chi connectivity index (χ0v) is 6.55. The van der Waals surface area contributed by atoms with Crippen molar-refractivity contribution in [1.82, 2.24) is 5.32 Å². The Balaban J connectivity index is 2.10. The summed E-state index contributed by atoms with van der Waals surface area (Å²) in [6.07, 6.45) is 5.76. The number of carbonyl (C=O) groups is 1. The van der Waals surface area contributed by atoms with Gasteiger partial charge >= 0.3 is 0 Å². The molecule has 0 radical (unpaired) electrons. The number of allylic oxidation sites excluding steroid dienone is 1. The van der Waals surface area contributed by atoms with Crippen LogP contribution in [0, 0.1) is 11.8 Å². The number of hydrogen-bond acceptors (Lipinski definition) is 2. The summed E-state index contributed by atoms with van der Waals surface area (Å²) in [6, 6.07) is 0. The quantitative estimate of drug-likeness (QED) is 0.553. The molecule has 0 bridgehead atoms. The van der Waals surface area contributed by atoms with Crippen molar-refractivity contribution in [1.29, 1.82) is 0 Å². The average Bonchev–Trinajstić information content (AvgIpc) is 2.04. The molecule has 1 saturated heterocycles. The third-order valence-electron chi connectivity index (χ3n) is 2.67. The maximum absolute atomic E-state index is 11.0. The van der Waals surface area contributed by atoms with Gasteiger partial charge in [0.15, 0.2) is 5.78 Å². The molecule has 11 heavy (non-hydrogen) atoms. The Kier molecular flexibility index (Phi) is 1.78. The standard InChI is InChI=1S/C9H13NO/c11-9-2-1-8-6-10-4-3-7(8)5-9/h1-2,7-8,10H,3-6H2. The number of nitrogens with one attached hydrogen (secondary N) is 1.